The van der Waals surface area contributed by atoms with Crippen molar-refractivity contribution in [2.45, 2.75) is 25.2 Å². The summed E-state index contributed by atoms with van der Waals surface area (Å²) in [6.07, 6.45) is 5.56. The molecule has 2 N–H and O–H groups in total. The van der Waals surface area contributed by atoms with E-state index in [1.54, 1.807) is 12.2 Å². The molecule has 4 heteroatoms. The zero-order chi connectivity index (χ0) is 17.7. The van der Waals surface area contributed by atoms with Gasteiger partial charge in [0.05, 0.1) is 0 Å². The minimum absolute atomic E-state index is 0.0897. The Balaban J connectivity index is 1.52. The average molecular weight is 334 g/mol. The highest BCUT2D eigenvalue weighted by atomic mass is 16.2. The van der Waals surface area contributed by atoms with E-state index < -0.39 is 0 Å². The molecule has 25 heavy (non-hydrogen) atoms. The van der Waals surface area contributed by atoms with E-state index >= 15 is 0 Å². The van der Waals surface area contributed by atoms with Gasteiger partial charge in [-0.05, 0) is 42.2 Å². The predicted octanol–water partition coefficient (Wildman–Crippen LogP) is 3.51. The molecule has 4 nitrogen and oxygen atoms in total. The molecular weight excluding hydrogens is 312 g/mol. The third kappa shape index (κ3) is 4.57. The highest BCUT2D eigenvalue weighted by molar-refractivity contribution is 5.92. The normalized spacial score (nSPS) is 14.9. The Morgan fingerprint density at radius 3 is 2.32 bits per heavy atom. The summed E-state index contributed by atoms with van der Waals surface area (Å²) in [6.45, 7) is 2.14. The number of benzene rings is 2. The summed E-state index contributed by atoms with van der Waals surface area (Å²) in [5.41, 5.74) is 3.07. The molecule has 2 aromatic carbocycles. The molecule has 1 fully saturated rings. The van der Waals surface area contributed by atoms with E-state index in [0.717, 1.165) is 24.1 Å². The van der Waals surface area contributed by atoms with Gasteiger partial charge in [0.2, 0.25) is 11.8 Å². The van der Waals surface area contributed by atoms with Gasteiger partial charge in [0.1, 0.15) is 0 Å². The van der Waals surface area contributed by atoms with E-state index in [9.17, 15) is 9.59 Å². The van der Waals surface area contributed by atoms with Gasteiger partial charge < -0.3 is 10.6 Å². The summed E-state index contributed by atoms with van der Waals surface area (Å²) < 4.78 is 0. The Morgan fingerprint density at radius 2 is 1.72 bits per heavy atom. The molecule has 0 aliphatic heterocycles. The van der Waals surface area contributed by atoms with Crippen LogP contribution in [0.1, 0.15) is 30.9 Å². The van der Waals surface area contributed by atoms with Crippen LogP contribution in [0.3, 0.4) is 0 Å². The van der Waals surface area contributed by atoms with Gasteiger partial charge in [-0.25, -0.2) is 0 Å². The van der Waals surface area contributed by atoms with Gasteiger partial charge in [0.15, 0.2) is 0 Å². The first-order chi connectivity index (χ1) is 12.1. The second kappa shape index (κ2) is 7.34. The molecule has 0 saturated heterocycles. The van der Waals surface area contributed by atoms with Gasteiger partial charge >= 0.3 is 0 Å². The SMILES string of the molecule is CC(=O)Nc1ccc(/C=C/C(=O)NCC2(c3ccccc3)CC2)cc1. The minimum atomic E-state index is -0.102. The topological polar surface area (TPSA) is 58.2 Å². The molecule has 128 valence electrons. The molecule has 2 aromatic rings. The highest BCUT2D eigenvalue weighted by Gasteiger charge is 2.43. The lowest BCUT2D eigenvalue weighted by atomic mass is 9.96. The maximum Gasteiger partial charge on any atom is 0.244 e. The molecule has 1 aliphatic carbocycles. The summed E-state index contributed by atoms with van der Waals surface area (Å²) in [4.78, 5) is 23.1. The third-order valence-electron chi connectivity index (χ3n) is 4.50. The van der Waals surface area contributed by atoms with Gasteiger partial charge in [-0.2, -0.15) is 0 Å². The summed E-state index contributed by atoms with van der Waals surface area (Å²) in [7, 11) is 0. The summed E-state index contributed by atoms with van der Waals surface area (Å²) >= 11 is 0. The lowest BCUT2D eigenvalue weighted by Gasteiger charge is -2.15. The highest BCUT2D eigenvalue weighted by Crippen LogP contribution is 2.47. The van der Waals surface area contributed by atoms with Crippen molar-refractivity contribution < 1.29 is 9.59 Å². The number of carbonyl (C=O) groups is 2. The van der Waals surface area contributed by atoms with E-state index in [1.807, 2.05) is 42.5 Å². The number of hydrogen-bond acceptors (Lipinski definition) is 2. The molecule has 0 atom stereocenters. The van der Waals surface area contributed by atoms with Crippen molar-refractivity contribution in [3.63, 3.8) is 0 Å². The lowest BCUT2D eigenvalue weighted by Crippen LogP contribution is -2.30. The molecule has 0 spiro atoms. The smallest absolute Gasteiger partial charge is 0.244 e. The predicted molar refractivity (Wildman–Crippen MR) is 100 cm³/mol. The fraction of sp³-hybridized carbons (Fsp3) is 0.238. The van der Waals surface area contributed by atoms with E-state index in [0.29, 0.717) is 6.54 Å². The number of carbonyl (C=O) groups excluding carboxylic acids is 2. The van der Waals surface area contributed by atoms with Gasteiger partial charge in [-0.3, -0.25) is 9.59 Å². The first-order valence-electron chi connectivity index (χ1n) is 8.47. The van der Waals surface area contributed by atoms with Crippen molar-refractivity contribution >= 4 is 23.6 Å². The standard InChI is InChI=1S/C21H22N2O2/c1-16(24)23-19-10-7-17(8-11-19)9-12-20(25)22-15-21(13-14-21)18-5-3-2-4-6-18/h2-12H,13-15H2,1H3,(H,22,25)(H,23,24)/b12-9+. The largest absolute Gasteiger partial charge is 0.352 e. The van der Waals surface area contributed by atoms with Gasteiger partial charge in [-0.15, -0.1) is 0 Å². The van der Waals surface area contributed by atoms with Crippen LogP contribution in [0.2, 0.25) is 0 Å². The van der Waals surface area contributed by atoms with Crippen LogP contribution in [0.15, 0.2) is 60.7 Å². The van der Waals surface area contributed by atoms with E-state index in [2.05, 4.69) is 22.8 Å². The molecule has 2 amide bonds. The fourth-order valence-corrected chi connectivity index (χ4v) is 2.88. The van der Waals surface area contributed by atoms with E-state index in [1.165, 1.54) is 12.5 Å². The summed E-state index contributed by atoms with van der Waals surface area (Å²) in [6, 6.07) is 17.7. The zero-order valence-corrected chi connectivity index (χ0v) is 14.3. The van der Waals surface area contributed by atoms with Crippen LogP contribution in [0.5, 0.6) is 0 Å². The van der Waals surface area contributed by atoms with Gasteiger partial charge in [0, 0.05) is 30.6 Å². The van der Waals surface area contributed by atoms with E-state index in [4.69, 9.17) is 0 Å². The van der Waals surface area contributed by atoms with Crippen LogP contribution in [0.25, 0.3) is 6.08 Å². The number of hydrogen-bond donors (Lipinski definition) is 2. The zero-order valence-electron chi connectivity index (χ0n) is 14.3. The maximum atomic E-state index is 12.1. The van der Waals surface area contributed by atoms with Gasteiger partial charge in [-0.1, -0.05) is 42.5 Å². The number of nitrogens with one attached hydrogen (secondary N) is 2. The minimum Gasteiger partial charge on any atom is -0.352 e. The molecule has 1 saturated carbocycles. The van der Waals surface area contributed by atoms with Crippen LogP contribution in [-0.4, -0.2) is 18.4 Å². The first kappa shape index (κ1) is 17.0. The molecule has 1 aliphatic rings. The van der Waals surface area contributed by atoms with Crippen LogP contribution in [0, 0.1) is 0 Å². The number of rotatable bonds is 6. The Morgan fingerprint density at radius 1 is 1.04 bits per heavy atom. The van der Waals surface area contributed by atoms with Crippen molar-refractivity contribution in [1.82, 2.24) is 5.32 Å². The number of amides is 2. The molecule has 3 rings (SSSR count). The third-order valence-corrected chi connectivity index (χ3v) is 4.50. The Labute approximate surface area is 148 Å². The van der Waals surface area contributed by atoms with Crippen molar-refractivity contribution in [2.24, 2.45) is 0 Å². The average Bonchev–Trinajstić information content (AvgIpc) is 3.41. The van der Waals surface area contributed by atoms with Crippen molar-refractivity contribution in [2.75, 3.05) is 11.9 Å². The number of anilines is 1. The first-order valence-corrected chi connectivity index (χ1v) is 8.47. The van der Waals surface area contributed by atoms with Crippen molar-refractivity contribution in [3.05, 3.63) is 71.8 Å². The lowest BCUT2D eigenvalue weighted by molar-refractivity contribution is -0.116. The quantitative estimate of drug-likeness (QED) is 0.794. The monoisotopic (exact) mass is 334 g/mol. The van der Waals surface area contributed by atoms with Crippen LogP contribution < -0.4 is 10.6 Å². The molecular formula is C21H22N2O2. The molecule has 0 aromatic heterocycles. The maximum absolute atomic E-state index is 12.1. The molecule has 0 unspecified atom stereocenters. The van der Waals surface area contributed by atoms with E-state index in [-0.39, 0.29) is 17.2 Å². The van der Waals surface area contributed by atoms with Crippen LogP contribution >= 0.6 is 0 Å². The second-order valence-corrected chi connectivity index (χ2v) is 6.50. The van der Waals surface area contributed by atoms with Crippen molar-refractivity contribution in [1.29, 1.82) is 0 Å². The molecule has 0 radical (unpaired) electrons. The van der Waals surface area contributed by atoms with Gasteiger partial charge in [0.25, 0.3) is 0 Å². The summed E-state index contributed by atoms with van der Waals surface area (Å²) in [5, 5.41) is 5.72. The second-order valence-electron chi connectivity index (χ2n) is 6.50. The fourth-order valence-electron chi connectivity index (χ4n) is 2.88. The summed E-state index contributed by atoms with van der Waals surface area (Å²) in [5.74, 6) is -0.191. The van der Waals surface area contributed by atoms with Crippen molar-refractivity contribution in [3.8, 4) is 0 Å². The Kier molecular flexibility index (Phi) is 4.98. The molecule has 0 heterocycles. The molecule has 0 bridgehead atoms. The van der Waals surface area contributed by atoms with Crippen LogP contribution in [-0.2, 0) is 15.0 Å². The Bertz CT molecular complexity index is 775. The Hall–Kier alpha value is -2.88. The van der Waals surface area contributed by atoms with Crippen LogP contribution in [0.4, 0.5) is 5.69 Å².